The van der Waals surface area contributed by atoms with Crippen LogP contribution < -0.4 is 5.32 Å². The molecule has 3 aliphatic rings. The average Bonchev–Trinajstić information content (AvgIpc) is 3.60. The lowest BCUT2D eigenvalue weighted by Crippen LogP contribution is -2.54. The minimum Gasteiger partial charge on any atom is -0.345 e. The first-order chi connectivity index (χ1) is 15.0. The third kappa shape index (κ3) is 3.89. The van der Waals surface area contributed by atoms with Crippen LogP contribution >= 0.6 is 0 Å². The summed E-state index contributed by atoms with van der Waals surface area (Å²) in [7, 11) is 0. The van der Waals surface area contributed by atoms with Gasteiger partial charge in [0.05, 0.1) is 11.1 Å². The number of hydrogen-bond donors (Lipinski definition) is 1. The van der Waals surface area contributed by atoms with Crippen molar-refractivity contribution in [3.8, 4) is 0 Å². The maximum Gasteiger partial charge on any atom is 0.312 e. The summed E-state index contributed by atoms with van der Waals surface area (Å²) in [5, 5.41) is 3.68. The van der Waals surface area contributed by atoms with E-state index in [4.69, 9.17) is 4.98 Å². The molecule has 7 nitrogen and oxygen atoms in total. The smallest absolute Gasteiger partial charge is 0.312 e. The number of amides is 3. The fourth-order valence-electron chi connectivity index (χ4n) is 4.67. The quantitative estimate of drug-likeness (QED) is 0.754. The lowest BCUT2D eigenvalue weighted by atomic mass is 9.89. The Morgan fingerprint density at radius 1 is 1.00 bits per heavy atom. The molecule has 0 bridgehead atoms. The molecule has 0 spiro atoms. The Kier molecular flexibility index (Phi) is 5.12. The van der Waals surface area contributed by atoms with Crippen LogP contribution in [0.1, 0.15) is 52.9 Å². The summed E-state index contributed by atoms with van der Waals surface area (Å²) in [6.45, 7) is 3.67. The molecular weight excluding hydrogens is 392 g/mol. The van der Waals surface area contributed by atoms with Gasteiger partial charge in [0.1, 0.15) is 0 Å². The maximum atomic E-state index is 13.7. The van der Waals surface area contributed by atoms with E-state index in [0.29, 0.717) is 26.2 Å². The third-order valence-corrected chi connectivity index (χ3v) is 6.59. The van der Waals surface area contributed by atoms with E-state index in [9.17, 15) is 14.4 Å². The Bertz CT molecular complexity index is 1070. The zero-order valence-electron chi connectivity index (χ0n) is 17.9. The highest BCUT2D eigenvalue weighted by Crippen LogP contribution is 2.31. The average molecular weight is 421 g/mol. The molecule has 0 atom stereocenters. The van der Waals surface area contributed by atoms with E-state index in [2.05, 4.69) is 11.4 Å². The van der Waals surface area contributed by atoms with Crippen molar-refractivity contribution in [3.05, 3.63) is 40.6 Å². The molecule has 3 amide bonds. The molecule has 162 valence electrons. The number of aryl methyl sites for hydroxylation is 2. The summed E-state index contributed by atoms with van der Waals surface area (Å²) in [5.41, 5.74) is 4.92. The van der Waals surface area contributed by atoms with Gasteiger partial charge >= 0.3 is 11.8 Å². The summed E-state index contributed by atoms with van der Waals surface area (Å²) in [4.78, 5) is 46.4. The number of fused-ring (bicyclic) bond motifs is 2. The zero-order chi connectivity index (χ0) is 21.5. The molecule has 2 aromatic rings. The van der Waals surface area contributed by atoms with Gasteiger partial charge in [-0.1, -0.05) is 11.6 Å². The van der Waals surface area contributed by atoms with Crippen molar-refractivity contribution in [3.63, 3.8) is 0 Å². The van der Waals surface area contributed by atoms with E-state index in [1.165, 1.54) is 0 Å². The molecule has 7 heteroatoms. The lowest BCUT2D eigenvalue weighted by molar-refractivity contribution is -0.146. The largest absolute Gasteiger partial charge is 0.345 e. The molecule has 31 heavy (non-hydrogen) atoms. The molecule has 0 unspecified atom stereocenters. The number of pyridine rings is 1. The zero-order valence-corrected chi connectivity index (χ0v) is 17.9. The number of carbonyl (C=O) groups excluding carboxylic acids is 3. The van der Waals surface area contributed by atoms with Crippen LogP contribution in [0.5, 0.6) is 0 Å². The Hall–Kier alpha value is -2.96. The van der Waals surface area contributed by atoms with Crippen molar-refractivity contribution in [2.45, 2.75) is 51.5 Å². The molecule has 2 fully saturated rings. The summed E-state index contributed by atoms with van der Waals surface area (Å²) >= 11 is 0. The van der Waals surface area contributed by atoms with Gasteiger partial charge in [-0.25, -0.2) is 0 Å². The predicted molar refractivity (Wildman–Crippen MR) is 117 cm³/mol. The van der Waals surface area contributed by atoms with E-state index in [1.54, 1.807) is 4.90 Å². The van der Waals surface area contributed by atoms with Crippen LogP contribution in [-0.2, 0) is 22.4 Å². The van der Waals surface area contributed by atoms with Crippen molar-refractivity contribution < 1.29 is 14.4 Å². The van der Waals surface area contributed by atoms with Gasteiger partial charge in [-0.15, -0.1) is 0 Å². The highest BCUT2D eigenvalue weighted by atomic mass is 16.2. The Balaban J connectivity index is 1.37. The number of hydrogen-bond acceptors (Lipinski definition) is 4. The fraction of sp³-hybridized carbons (Fsp3) is 0.500. The van der Waals surface area contributed by atoms with Crippen LogP contribution in [-0.4, -0.2) is 64.7 Å². The van der Waals surface area contributed by atoms with Crippen molar-refractivity contribution in [1.29, 1.82) is 0 Å². The second-order valence-electron chi connectivity index (χ2n) is 8.97. The SMILES string of the molecule is Cc1ccc2nc3c(c(C(=O)N4CCN(C(=O)C(=O)NC5CC5)CC4)c2c1)CCCC3. The maximum absolute atomic E-state index is 13.7. The molecule has 1 N–H and O–H groups in total. The first-order valence-electron chi connectivity index (χ1n) is 11.3. The van der Waals surface area contributed by atoms with Gasteiger partial charge < -0.3 is 15.1 Å². The first-order valence-corrected chi connectivity index (χ1v) is 11.3. The highest BCUT2D eigenvalue weighted by Gasteiger charge is 2.33. The minimum atomic E-state index is -0.521. The van der Waals surface area contributed by atoms with Crippen molar-refractivity contribution in [1.82, 2.24) is 20.1 Å². The molecule has 1 saturated carbocycles. The van der Waals surface area contributed by atoms with Crippen LogP contribution in [0, 0.1) is 6.92 Å². The lowest BCUT2D eigenvalue weighted by Gasteiger charge is -2.35. The Morgan fingerprint density at radius 3 is 2.45 bits per heavy atom. The fourth-order valence-corrected chi connectivity index (χ4v) is 4.67. The summed E-state index contributed by atoms with van der Waals surface area (Å²) in [6, 6.07) is 6.27. The van der Waals surface area contributed by atoms with E-state index in [1.807, 2.05) is 24.0 Å². The van der Waals surface area contributed by atoms with E-state index in [-0.39, 0.29) is 11.9 Å². The van der Waals surface area contributed by atoms with Gasteiger partial charge in [0, 0.05) is 43.3 Å². The van der Waals surface area contributed by atoms with Crippen molar-refractivity contribution >= 4 is 28.6 Å². The van der Waals surface area contributed by atoms with E-state index >= 15 is 0 Å². The van der Waals surface area contributed by atoms with Crippen molar-refractivity contribution in [2.24, 2.45) is 0 Å². The third-order valence-electron chi connectivity index (χ3n) is 6.59. The number of nitrogens with zero attached hydrogens (tertiary/aromatic N) is 3. The number of benzene rings is 1. The van der Waals surface area contributed by atoms with Crippen LogP contribution in [0.15, 0.2) is 18.2 Å². The molecule has 1 aliphatic heterocycles. The number of carbonyl (C=O) groups is 3. The van der Waals surface area contributed by atoms with Gasteiger partial charge in [0.15, 0.2) is 0 Å². The summed E-state index contributed by atoms with van der Waals surface area (Å²) in [6.07, 6.45) is 5.88. The van der Waals surface area contributed by atoms with Crippen molar-refractivity contribution in [2.75, 3.05) is 26.2 Å². The second-order valence-corrected chi connectivity index (χ2v) is 8.97. The van der Waals surface area contributed by atoms with Gasteiger partial charge in [0.2, 0.25) is 0 Å². The van der Waals surface area contributed by atoms with E-state index < -0.39 is 11.8 Å². The van der Waals surface area contributed by atoms with E-state index in [0.717, 1.165) is 71.8 Å². The molecule has 5 rings (SSSR count). The molecule has 1 aromatic carbocycles. The first kappa shape index (κ1) is 20.0. The van der Waals surface area contributed by atoms with Gasteiger partial charge in [-0.05, 0) is 63.1 Å². The predicted octanol–water partition coefficient (Wildman–Crippen LogP) is 1.99. The minimum absolute atomic E-state index is 0.0191. The number of aromatic nitrogens is 1. The standard InChI is InChI=1S/C24H28N4O3/c1-15-6-9-20-18(14-15)21(17-4-2-3-5-19(17)26-20)23(30)27-10-12-28(13-11-27)24(31)22(29)25-16-7-8-16/h6,9,14,16H,2-5,7-8,10-13H2,1H3,(H,25,29). The Labute approximate surface area is 181 Å². The van der Waals surface area contributed by atoms with Crippen LogP contribution in [0.4, 0.5) is 0 Å². The Morgan fingerprint density at radius 2 is 1.71 bits per heavy atom. The topological polar surface area (TPSA) is 82.6 Å². The van der Waals surface area contributed by atoms with Crippen LogP contribution in [0.25, 0.3) is 10.9 Å². The normalized spacial score (nSPS) is 18.6. The number of piperazine rings is 1. The van der Waals surface area contributed by atoms with Gasteiger partial charge in [-0.3, -0.25) is 19.4 Å². The monoisotopic (exact) mass is 420 g/mol. The molecule has 1 aromatic heterocycles. The molecule has 1 saturated heterocycles. The molecule has 2 heterocycles. The van der Waals surface area contributed by atoms with Crippen LogP contribution in [0.3, 0.4) is 0 Å². The molecular formula is C24H28N4O3. The summed E-state index contributed by atoms with van der Waals surface area (Å²) < 4.78 is 0. The molecule has 2 aliphatic carbocycles. The summed E-state index contributed by atoms with van der Waals surface area (Å²) in [5.74, 6) is -0.987. The second kappa shape index (κ2) is 7.94. The van der Waals surface area contributed by atoms with Crippen LogP contribution in [0.2, 0.25) is 0 Å². The number of nitrogens with one attached hydrogen (secondary N) is 1. The van der Waals surface area contributed by atoms with Gasteiger partial charge in [0.25, 0.3) is 5.91 Å². The molecule has 0 radical (unpaired) electrons. The van der Waals surface area contributed by atoms with Gasteiger partial charge in [-0.2, -0.15) is 0 Å². The highest BCUT2D eigenvalue weighted by molar-refractivity contribution is 6.35. The number of rotatable bonds is 2.